The molecule has 164 valence electrons. The Hall–Kier alpha value is -2.86. The second kappa shape index (κ2) is 9.10. The van der Waals surface area contributed by atoms with Crippen molar-refractivity contribution in [1.29, 1.82) is 0 Å². The van der Waals surface area contributed by atoms with Gasteiger partial charge in [-0.05, 0) is 76.0 Å². The fourth-order valence-corrected chi connectivity index (χ4v) is 4.58. The van der Waals surface area contributed by atoms with E-state index in [4.69, 9.17) is 0 Å². The van der Waals surface area contributed by atoms with Crippen molar-refractivity contribution in [2.45, 2.75) is 38.1 Å². The molecule has 1 unspecified atom stereocenters. The molecular weight excluding hydrogens is 388 g/mol. The van der Waals surface area contributed by atoms with E-state index < -0.39 is 0 Å². The smallest absolute Gasteiger partial charge is 0.321 e. The first-order valence-electron chi connectivity index (χ1n) is 11.1. The van der Waals surface area contributed by atoms with E-state index in [9.17, 15) is 9.59 Å². The summed E-state index contributed by atoms with van der Waals surface area (Å²) in [5.41, 5.74) is 4.28. The first kappa shape index (κ1) is 21.4. The minimum Gasteiger partial charge on any atom is -0.324 e. The van der Waals surface area contributed by atoms with E-state index in [1.807, 2.05) is 53.1 Å². The van der Waals surface area contributed by atoms with Gasteiger partial charge in [0, 0.05) is 31.0 Å². The Morgan fingerprint density at radius 3 is 2.16 bits per heavy atom. The average molecular weight is 421 g/mol. The first-order valence-corrected chi connectivity index (χ1v) is 11.1. The van der Waals surface area contributed by atoms with Gasteiger partial charge in [-0.25, -0.2) is 4.79 Å². The number of nitrogens with zero attached hydrogens (tertiary/aromatic N) is 3. The zero-order valence-corrected chi connectivity index (χ0v) is 18.7. The monoisotopic (exact) mass is 420 g/mol. The van der Waals surface area contributed by atoms with Crippen LogP contribution in [-0.2, 0) is 4.79 Å². The van der Waals surface area contributed by atoms with Crippen molar-refractivity contribution in [1.82, 2.24) is 9.80 Å². The van der Waals surface area contributed by atoms with E-state index in [0.717, 1.165) is 50.3 Å². The molecule has 2 aliphatic heterocycles. The van der Waals surface area contributed by atoms with Gasteiger partial charge in [-0.3, -0.25) is 9.69 Å². The summed E-state index contributed by atoms with van der Waals surface area (Å²) in [5.74, 6) is 0.658. The van der Waals surface area contributed by atoms with E-state index in [1.54, 1.807) is 0 Å². The molecule has 4 rings (SSSR count). The van der Waals surface area contributed by atoms with Gasteiger partial charge in [0.2, 0.25) is 5.91 Å². The molecule has 6 nitrogen and oxygen atoms in total. The van der Waals surface area contributed by atoms with Crippen LogP contribution in [-0.4, -0.2) is 61.5 Å². The van der Waals surface area contributed by atoms with Gasteiger partial charge in [-0.2, -0.15) is 0 Å². The summed E-state index contributed by atoms with van der Waals surface area (Å²) in [6.45, 7) is 4.35. The molecule has 0 spiro atoms. The van der Waals surface area contributed by atoms with Gasteiger partial charge in [0.15, 0.2) is 0 Å². The summed E-state index contributed by atoms with van der Waals surface area (Å²) < 4.78 is 0. The number of aryl methyl sites for hydroxylation is 1. The highest BCUT2D eigenvalue weighted by molar-refractivity contribution is 5.99. The molecule has 1 N–H and O–H groups in total. The Morgan fingerprint density at radius 2 is 1.58 bits per heavy atom. The van der Waals surface area contributed by atoms with Crippen molar-refractivity contribution in [3.05, 3.63) is 59.7 Å². The number of nitrogens with one attached hydrogen (secondary N) is 1. The standard InChI is InChI=1S/C25H32N4O2/c1-18-4-6-19(7-5-18)20-12-15-28(16-13-20)25(31)26-21-8-10-22(11-9-21)29-17-14-23(24(29)30)27(2)3/h4-11,20,23H,12-17H2,1-3H3,(H,26,31). The van der Waals surface area contributed by atoms with Gasteiger partial charge in [0.05, 0.1) is 6.04 Å². The fraction of sp³-hybridized carbons (Fsp3) is 0.440. The van der Waals surface area contributed by atoms with Gasteiger partial charge < -0.3 is 15.1 Å². The third-order valence-electron chi connectivity index (χ3n) is 6.56. The van der Waals surface area contributed by atoms with Crippen LogP contribution in [0, 0.1) is 6.92 Å². The van der Waals surface area contributed by atoms with Gasteiger partial charge in [-0.15, -0.1) is 0 Å². The van der Waals surface area contributed by atoms with Crippen LogP contribution in [0.15, 0.2) is 48.5 Å². The van der Waals surface area contributed by atoms with Crippen LogP contribution in [0.25, 0.3) is 0 Å². The van der Waals surface area contributed by atoms with Crippen LogP contribution in [0.2, 0.25) is 0 Å². The molecule has 2 fully saturated rings. The number of likely N-dealkylation sites (tertiary alicyclic amines) is 1. The summed E-state index contributed by atoms with van der Waals surface area (Å²) in [6, 6.07) is 16.2. The molecule has 2 aliphatic rings. The van der Waals surface area contributed by atoms with Crippen molar-refractivity contribution in [2.75, 3.05) is 43.9 Å². The number of carbonyl (C=O) groups is 2. The number of anilines is 2. The van der Waals surface area contributed by atoms with Crippen molar-refractivity contribution in [3.8, 4) is 0 Å². The highest BCUT2D eigenvalue weighted by Crippen LogP contribution is 2.29. The van der Waals surface area contributed by atoms with E-state index >= 15 is 0 Å². The maximum absolute atomic E-state index is 12.7. The molecule has 2 aromatic carbocycles. The number of piperidine rings is 1. The molecule has 3 amide bonds. The van der Waals surface area contributed by atoms with Crippen LogP contribution in [0.1, 0.15) is 36.3 Å². The third kappa shape index (κ3) is 4.74. The largest absolute Gasteiger partial charge is 0.324 e. The fourth-order valence-electron chi connectivity index (χ4n) is 4.58. The van der Waals surface area contributed by atoms with Gasteiger partial charge in [0.25, 0.3) is 0 Å². The van der Waals surface area contributed by atoms with Gasteiger partial charge in [0.1, 0.15) is 0 Å². The lowest BCUT2D eigenvalue weighted by Gasteiger charge is -2.32. The molecule has 0 aromatic heterocycles. The zero-order valence-electron chi connectivity index (χ0n) is 18.7. The van der Waals surface area contributed by atoms with Crippen LogP contribution < -0.4 is 10.2 Å². The van der Waals surface area contributed by atoms with Crippen molar-refractivity contribution >= 4 is 23.3 Å². The Balaban J connectivity index is 1.30. The Morgan fingerprint density at radius 1 is 0.935 bits per heavy atom. The number of carbonyl (C=O) groups excluding carboxylic acids is 2. The van der Waals surface area contributed by atoms with Crippen LogP contribution >= 0.6 is 0 Å². The topological polar surface area (TPSA) is 55.9 Å². The first-order chi connectivity index (χ1) is 14.9. The van der Waals surface area contributed by atoms with Crippen molar-refractivity contribution < 1.29 is 9.59 Å². The number of rotatable bonds is 4. The van der Waals surface area contributed by atoms with E-state index in [-0.39, 0.29) is 18.0 Å². The Bertz CT molecular complexity index is 916. The highest BCUT2D eigenvalue weighted by atomic mass is 16.2. The molecule has 6 heteroatoms. The van der Waals surface area contributed by atoms with Crippen LogP contribution in [0.5, 0.6) is 0 Å². The predicted molar refractivity (Wildman–Crippen MR) is 125 cm³/mol. The van der Waals surface area contributed by atoms with Crippen molar-refractivity contribution in [3.63, 3.8) is 0 Å². The number of hydrogen-bond donors (Lipinski definition) is 1. The maximum atomic E-state index is 12.7. The van der Waals surface area contributed by atoms with E-state index in [1.165, 1.54) is 11.1 Å². The minimum atomic E-state index is -0.0555. The lowest BCUT2D eigenvalue weighted by molar-refractivity contribution is -0.120. The molecule has 2 saturated heterocycles. The van der Waals surface area contributed by atoms with Crippen LogP contribution in [0.4, 0.5) is 16.2 Å². The lowest BCUT2D eigenvalue weighted by Crippen LogP contribution is -2.40. The molecular formula is C25H32N4O2. The normalized spacial score (nSPS) is 19.9. The Kier molecular flexibility index (Phi) is 6.28. The summed E-state index contributed by atoms with van der Waals surface area (Å²) in [5, 5.41) is 3.01. The SMILES string of the molecule is Cc1ccc(C2CCN(C(=O)Nc3ccc(N4CCC(N(C)C)C4=O)cc3)CC2)cc1. The molecule has 31 heavy (non-hydrogen) atoms. The number of amides is 3. The van der Waals surface area contributed by atoms with Gasteiger partial charge >= 0.3 is 6.03 Å². The second-order valence-electron chi connectivity index (χ2n) is 8.91. The number of likely N-dealkylation sites (N-methyl/N-ethyl adjacent to an activating group) is 1. The highest BCUT2D eigenvalue weighted by Gasteiger charge is 2.33. The Labute approximate surface area is 184 Å². The second-order valence-corrected chi connectivity index (χ2v) is 8.91. The molecule has 0 bridgehead atoms. The summed E-state index contributed by atoms with van der Waals surface area (Å²) in [7, 11) is 3.88. The molecule has 2 aromatic rings. The molecule has 1 atom stereocenters. The maximum Gasteiger partial charge on any atom is 0.321 e. The molecule has 0 radical (unpaired) electrons. The average Bonchev–Trinajstić information content (AvgIpc) is 3.16. The zero-order chi connectivity index (χ0) is 22.0. The number of urea groups is 1. The quantitative estimate of drug-likeness (QED) is 0.811. The van der Waals surface area contributed by atoms with E-state index in [2.05, 4.69) is 36.5 Å². The van der Waals surface area contributed by atoms with E-state index in [0.29, 0.717) is 5.92 Å². The summed E-state index contributed by atoms with van der Waals surface area (Å²) in [4.78, 5) is 31.0. The molecule has 2 heterocycles. The molecule has 0 aliphatic carbocycles. The predicted octanol–water partition coefficient (Wildman–Crippen LogP) is 4.07. The lowest BCUT2D eigenvalue weighted by atomic mass is 9.89. The minimum absolute atomic E-state index is 0.0535. The molecule has 0 saturated carbocycles. The number of hydrogen-bond acceptors (Lipinski definition) is 3. The van der Waals surface area contributed by atoms with Crippen LogP contribution in [0.3, 0.4) is 0 Å². The van der Waals surface area contributed by atoms with Crippen molar-refractivity contribution in [2.24, 2.45) is 0 Å². The van der Waals surface area contributed by atoms with Gasteiger partial charge in [-0.1, -0.05) is 29.8 Å². The third-order valence-corrected chi connectivity index (χ3v) is 6.56. The summed E-state index contributed by atoms with van der Waals surface area (Å²) in [6.07, 6.45) is 2.81. The summed E-state index contributed by atoms with van der Waals surface area (Å²) >= 11 is 0. The number of benzene rings is 2.